The highest BCUT2D eigenvalue weighted by molar-refractivity contribution is 6.51. The largest absolute Gasteiger partial charge is 0.416 e. The van der Waals surface area contributed by atoms with Crippen LogP contribution in [0.1, 0.15) is 11.1 Å². The molecule has 2 rings (SSSR count). The van der Waals surface area contributed by atoms with Crippen molar-refractivity contribution in [2.24, 2.45) is 0 Å². The third-order valence-electron chi connectivity index (χ3n) is 1.68. The number of rotatable bonds is 0. The number of halogens is 1. The van der Waals surface area contributed by atoms with Crippen molar-refractivity contribution in [1.82, 2.24) is 0 Å². The molecule has 1 unspecified atom stereocenters. The van der Waals surface area contributed by atoms with Crippen molar-refractivity contribution in [2.75, 3.05) is 0 Å². The summed E-state index contributed by atoms with van der Waals surface area (Å²) in [5.41, 5.74) is 2.10. The highest BCUT2D eigenvalue weighted by Gasteiger charge is 2.20. The fourth-order valence-corrected chi connectivity index (χ4v) is 1.42. The molecule has 1 atom stereocenters. The van der Waals surface area contributed by atoms with Crippen LogP contribution in [0.2, 0.25) is 0 Å². The van der Waals surface area contributed by atoms with Crippen LogP contribution in [0.3, 0.4) is 0 Å². The summed E-state index contributed by atoms with van der Waals surface area (Å²) in [6.07, 6.45) is 0. The first-order valence-electron chi connectivity index (χ1n) is 3.21. The minimum absolute atomic E-state index is 0.226. The second-order valence-corrected chi connectivity index (χ2v) is 2.72. The van der Waals surface area contributed by atoms with Gasteiger partial charge in [-0.25, -0.2) is 0 Å². The third-order valence-corrected chi connectivity index (χ3v) is 2.05. The topological polar surface area (TPSA) is 9.23 Å². The lowest BCUT2D eigenvalue weighted by molar-refractivity contribution is 0.325. The van der Waals surface area contributed by atoms with Gasteiger partial charge < -0.3 is 4.65 Å². The van der Waals surface area contributed by atoms with Gasteiger partial charge in [0.15, 0.2) is 0 Å². The van der Waals surface area contributed by atoms with Crippen LogP contribution in [0.5, 0.6) is 0 Å². The van der Waals surface area contributed by atoms with Crippen molar-refractivity contribution >= 4 is 24.5 Å². The maximum absolute atomic E-state index is 5.82. The molecule has 1 nitrogen and oxygen atoms in total. The summed E-state index contributed by atoms with van der Waals surface area (Å²) in [6, 6.07) is 8.01. The predicted octanol–water partition coefficient (Wildman–Crippen LogP) is 0.931. The Morgan fingerprint density at radius 1 is 1.40 bits per heavy atom. The van der Waals surface area contributed by atoms with Crippen molar-refractivity contribution in [3.63, 3.8) is 0 Å². The molecule has 1 aliphatic heterocycles. The van der Waals surface area contributed by atoms with Crippen molar-refractivity contribution in [3.05, 3.63) is 29.8 Å². The van der Waals surface area contributed by atoms with Gasteiger partial charge in [-0.2, -0.15) is 0 Å². The minimum atomic E-state index is -0.226. The average Bonchev–Trinajstić information content (AvgIpc) is 2.34. The Labute approximate surface area is 65.2 Å². The first-order chi connectivity index (χ1) is 4.88. The Morgan fingerprint density at radius 2 is 2.20 bits per heavy atom. The Bertz CT molecular complexity index is 251. The molecule has 3 heteroatoms. The van der Waals surface area contributed by atoms with E-state index in [4.69, 9.17) is 16.3 Å². The van der Waals surface area contributed by atoms with Gasteiger partial charge in [-0.05, 0) is 11.0 Å². The van der Waals surface area contributed by atoms with E-state index in [2.05, 4.69) is 0 Å². The third kappa shape index (κ3) is 0.843. The van der Waals surface area contributed by atoms with Gasteiger partial charge in [-0.1, -0.05) is 35.9 Å². The Balaban J connectivity index is 2.51. The number of fused-ring (bicyclic) bond motifs is 1. The standard InChI is InChI=1S/C7H6BClO/c9-7-5-3-1-2-4-6(5)8-10-7/h1-4,7-8H. The second kappa shape index (κ2) is 2.29. The molecule has 0 N–H and O–H groups in total. The van der Waals surface area contributed by atoms with Gasteiger partial charge in [0, 0.05) is 0 Å². The van der Waals surface area contributed by atoms with Crippen molar-refractivity contribution in [2.45, 2.75) is 5.56 Å². The first-order valence-corrected chi connectivity index (χ1v) is 3.65. The normalized spacial score (nSPS) is 21.9. The Hall–Kier alpha value is -0.465. The van der Waals surface area contributed by atoms with Crippen LogP contribution in [0.15, 0.2) is 24.3 Å². The average molecular weight is 152 g/mol. The maximum Gasteiger partial charge on any atom is 0.311 e. The summed E-state index contributed by atoms with van der Waals surface area (Å²) >= 11 is 5.82. The summed E-state index contributed by atoms with van der Waals surface area (Å²) in [5.74, 6) is 0. The zero-order chi connectivity index (χ0) is 6.97. The van der Waals surface area contributed by atoms with E-state index in [-0.39, 0.29) is 5.56 Å². The number of hydrogen-bond acceptors (Lipinski definition) is 1. The van der Waals surface area contributed by atoms with E-state index in [0.717, 1.165) is 5.56 Å². The van der Waals surface area contributed by atoms with Crippen LogP contribution in [0.4, 0.5) is 0 Å². The van der Waals surface area contributed by atoms with E-state index in [1.165, 1.54) is 5.46 Å². The zero-order valence-corrected chi connectivity index (χ0v) is 6.14. The molecule has 0 aliphatic carbocycles. The monoisotopic (exact) mass is 152 g/mol. The highest BCUT2D eigenvalue weighted by Crippen LogP contribution is 2.23. The summed E-state index contributed by atoms with van der Waals surface area (Å²) in [7, 11) is 0.657. The summed E-state index contributed by atoms with van der Waals surface area (Å²) in [5, 5.41) is 0. The van der Waals surface area contributed by atoms with E-state index in [1.54, 1.807) is 0 Å². The molecule has 0 radical (unpaired) electrons. The van der Waals surface area contributed by atoms with E-state index < -0.39 is 0 Å². The molecule has 0 saturated carbocycles. The minimum Gasteiger partial charge on any atom is -0.416 e. The van der Waals surface area contributed by atoms with E-state index in [9.17, 15) is 0 Å². The zero-order valence-electron chi connectivity index (χ0n) is 5.38. The lowest BCUT2D eigenvalue weighted by Gasteiger charge is -1.99. The number of benzene rings is 1. The second-order valence-electron chi connectivity index (χ2n) is 2.33. The number of hydrogen-bond donors (Lipinski definition) is 0. The molecule has 50 valence electrons. The lowest BCUT2D eigenvalue weighted by atomic mass is 9.88. The molecule has 0 aromatic heterocycles. The Kier molecular flexibility index (Phi) is 1.44. The lowest BCUT2D eigenvalue weighted by Crippen LogP contribution is -2.09. The maximum atomic E-state index is 5.82. The number of alkyl halides is 1. The van der Waals surface area contributed by atoms with Gasteiger partial charge in [0.2, 0.25) is 0 Å². The van der Waals surface area contributed by atoms with E-state index >= 15 is 0 Å². The molecule has 1 aliphatic rings. The van der Waals surface area contributed by atoms with Crippen LogP contribution in [0.25, 0.3) is 0 Å². The van der Waals surface area contributed by atoms with Gasteiger partial charge in [0.1, 0.15) is 5.56 Å². The van der Waals surface area contributed by atoms with Crippen LogP contribution >= 0.6 is 11.6 Å². The molecule has 0 fully saturated rings. The molecular weight excluding hydrogens is 146 g/mol. The molecule has 0 saturated heterocycles. The first kappa shape index (κ1) is 6.26. The van der Waals surface area contributed by atoms with Gasteiger partial charge in [-0.15, -0.1) is 0 Å². The summed E-state index contributed by atoms with van der Waals surface area (Å²) < 4.78 is 5.19. The van der Waals surface area contributed by atoms with Gasteiger partial charge >= 0.3 is 7.48 Å². The molecule has 1 aromatic carbocycles. The fourth-order valence-electron chi connectivity index (χ4n) is 1.14. The van der Waals surface area contributed by atoms with Crippen LogP contribution < -0.4 is 5.46 Å². The molecule has 0 bridgehead atoms. The van der Waals surface area contributed by atoms with Crippen LogP contribution in [-0.2, 0) is 4.65 Å². The van der Waals surface area contributed by atoms with Gasteiger partial charge in [0.25, 0.3) is 0 Å². The molecule has 0 spiro atoms. The smallest absolute Gasteiger partial charge is 0.311 e. The fraction of sp³-hybridized carbons (Fsp3) is 0.143. The SMILES string of the molecule is ClC1OBc2ccccc21. The summed E-state index contributed by atoms with van der Waals surface area (Å²) in [4.78, 5) is 0. The van der Waals surface area contributed by atoms with Crippen LogP contribution in [-0.4, -0.2) is 7.48 Å². The van der Waals surface area contributed by atoms with E-state index in [0.29, 0.717) is 7.48 Å². The van der Waals surface area contributed by atoms with E-state index in [1.807, 2.05) is 24.3 Å². The van der Waals surface area contributed by atoms with Crippen LogP contribution in [0, 0.1) is 0 Å². The van der Waals surface area contributed by atoms with Crippen molar-refractivity contribution in [3.8, 4) is 0 Å². The quantitative estimate of drug-likeness (QED) is 0.397. The van der Waals surface area contributed by atoms with Crippen molar-refractivity contribution < 1.29 is 4.65 Å². The predicted molar refractivity (Wildman–Crippen MR) is 42.9 cm³/mol. The van der Waals surface area contributed by atoms with Crippen molar-refractivity contribution in [1.29, 1.82) is 0 Å². The summed E-state index contributed by atoms with van der Waals surface area (Å²) in [6.45, 7) is 0. The molecular formula is C7H6BClO. The molecule has 1 heterocycles. The molecule has 0 amide bonds. The van der Waals surface area contributed by atoms with Gasteiger partial charge in [-0.3, -0.25) is 0 Å². The Morgan fingerprint density at radius 3 is 3.00 bits per heavy atom. The molecule has 1 aromatic rings. The highest BCUT2D eigenvalue weighted by atomic mass is 35.5. The van der Waals surface area contributed by atoms with Gasteiger partial charge in [0.05, 0.1) is 0 Å². The molecule has 10 heavy (non-hydrogen) atoms.